The van der Waals surface area contributed by atoms with Gasteiger partial charge < -0.3 is 30.6 Å². The van der Waals surface area contributed by atoms with Crippen molar-refractivity contribution in [3.8, 4) is 17.2 Å². The fourth-order valence-electron chi connectivity index (χ4n) is 4.78. The molecule has 0 saturated carbocycles. The minimum Gasteiger partial charge on any atom is -0.507 e. The number of nitrogens with zero attached hydrogens (tertiary/aromatic N) is 3. The number of benzene rings is 1. The SMILES string of the molecule is CC(=O)c1c(O)c(C)c(O)c2c1OC1=CC(=O)/C(=C(/C)NCCNc3ncnc4nc[nH]c34)C(=O)[C@]12C. The number of Topliss-reactive ketones (excluding diaryl/α,β-unsaturated/α-hetero) is 2. The summed E-state index contributed by atoms with van der Waals surface area (Å²) in [4.78, 5) is 54.4. The first-order valence-electron chi connectivity index (χ1n) is 11.5. The zero-order valence-electron chi connectivity index (χ0n) is 20.5. The molecule has 0 amide bonds. The Morgan fingerprint density at radius 2 is 1.89 bits per heavy atom. The van der Waals surface area contributed by atoms with E-state index in [-0.39, 0.29) is 39.5 Å². The molecule has 3 aromatic rings. The van der Waals surface area contributed by atoms with Crippen molar-refractivity contribution in [3.63, 3.8) is 0 Å². The van der Waals surface area contributed by atoms with Crippen molar-refractivity contribution >= 4 is 34.3 Å². The Morgan fingerprint density at radius 3 is 2.62 bits per heavy atom. The molecule has 0 fully saturated rings. The number of fused-ring (bicyclic) bond motifs is 4. The molecular weight excluding hydrogens is 480 g/mol. The van der Waals surface area contributed by atoms with Crippen LogP contribution in [0.3, 0.4) is 0 Å². The Labute approximate surface area is 210 Å². The summed E-state index contributed by atoms with van der Waals surface area (Å²) in [5, 5.41) is 27.6. The molecule has 0 bridgehead atoms. The van der Waals surface area contributed by atoms with Gasteiger partial charge >= 0.3 is 0 Å². The lowest BCUT2D eigenvalue weighted by atomic mass is 9.70. The summed E-state index contributed by atoms with van der Waals surface area (Å²) in [6.45, 7) is 6.58. The maximum atomic E-state index is 13.8. The molecule has 190 valence electrons. The number of hydrogen-bond donors (Lipinski definition) is 5. The molecule has 3 heterocycles. The quantitative estimate of drug-likeness (QED) is 0.143. The molecular formula is C25H24N6O6. The Bertz CT molecular complexity index is 1590. The summed E-state index contributed by atoms with van der Waals surface area (Å²) in [5.74, 6) is -2.01. The topological polar surface area (TPSA) is 179 Å². The van der Waals surface area contributed by atoms with Crippen molar-refractivity contribution in [2.75, 3.05) is 18.4 Å². The number of phenols is 2. The van der Waals surface area contributed by atoms with Gasteiger partial charge in [0.05, 0.1) is 17.5 Å². The highest BCUT2D eigenvalue weighted by molar-refractivity contribution is 6.31. The Hall–Kier alpha value is -4.74. The second-order valence-electron chi connectivity index (χ2n) is 9.06. The molecule has 1 atom stereocenters. The maximum Gasteiger partial charge on any atom is 0.194 e. The summed E-state index contributed by atoms with van der Waals surface area (Å²) < 4.78 is 5.77. The number of aromatic nitrogens is 4. The fourth-order valence-corrected chi connectivity index (χ4v) is 4.78. The third kappa shape index (κ3) is 3.44. The van der Waals surface area contributed by atoms with E-state index >= 15 is 0 Å². The largest absolute Gasteiger partial charge is 0.507 e. The maximum absolute atomic E-state index is 13.8. The van der Waals surface area contributed by atoms with E-state index in [1.54, 1.807) is 6.92 Å². The zero-order chi connectivity index (χ0) is 26.6. The van der Waals surface area contributed by atoms with Crippen LogP contribution in [0, 0.1) is 6.92 Å². The zero-order valence-corrected chi connectivity index (χ0v) is 20.5. The van der Waals surface area contributed by atoms with Gasteiger partial charge in [-0.25, -0.2) is 15.0 Å². The predicted octanol–water partition coefficient (Wildman–Crippen LogP) is 1.94. The van der Waals surface area contributed by atoms with Crippen LogP contribution in [0.1, 0.15) is 42.3 Å². The molecule has 0 radical (unpaired) electrons. The van der Waals surface area contributed by atoms with E-state index < -0.39 is 28.5 Å². The molecule has 5 rings (SSSR count). The van der Waals surface area contributed by atoms with E-state index in [0.29, 0.717) is 35.8 Å². The van der Waals surface area contributed by atoms with Crippen molar-refractivity contribution in [2.45, 2.75) is 33.1 Å². The van der Waals surface area contributed by atoms with Gasteiger partial charge in [-0.1, -0.05) is 0 Å². The molecule has 1 aromatic carbocycles. The molecule has 1 aliphatic carbocycles. The molecule has 0 spiro atoms. The number of ether oxygens (including phenoxy) is 1. The Kier molecular flexibility index (Phi) is 5.46. The molecule has 12 nitrogen and oxygen atoms in total. The van der Waals surface area contributed by atoms with Crippen LogP contribution in [0.25, 0.3) is 11.2 Å². The number of allylic oxidation sites excluding steroid dienone is 4. The molecule has 12 heteroatoms. The molecule has 5 N–H and O–H groups in total. The van der Waals surface area contributed by atoms with Crippen molar-refractivity contribution in [3.05, 3.63) is 52.5 Å². The van der Waals surface area contributed by atoms with Crippen molar-refractivity contribution in [2.24, 2.45) is 0 Å². The van der Waals surface area contributed by atoms with Crippen molar-refractivity contribution < 1.29 is 29.3 Å². The van der Waals surface area contributed by atoms with Crippen LogP contribution in [0.5, 0.6) is 17.2 Å². The van der Waals surface area contributed by atoms with Crippen LogP contribution in [-0.4, -0.2) is 60.6 Å². The highest BCUT2D eigenvalue weighted by atomic mass is 16.5. The second kappa shape index (κ2) is 8.43. The van der Waals surface area contributed by atoms with Gasteiger partial charge in [-0.2, -0.15) is 0 Å². The minimum absolute atomic E-state index is 0.00847. The van der Waals surface area contributed by atoms with Gasteiger partial charge in [-0.3, -0.25) is 14.4 Å². The Morgan fingerprint density at radius 1 is 1.14 bits per heavy atom. The van der Waals surface area contributed by atoms with E-state index in [9.17, 15) is 24.6 Å². The summed E-state index contributed by atoms with van der Waals surface area (Å²) in [5.41, 5.74) is -0.167. The lowest BCUT2D eigenvalue weighted by Gasteiger charge is -2.29. The highest BCUT2D eigenvalue weighted by Gasteiger charge is 2.56. The molecule has 1 aliphatic heterocycles. The molecule has 2 aromatic heterocycles. The van der Waals surface area contributed by atoms with Crippen LogP contribution in [-0.2, 0) is 15.0 Å². The average Bonchev–Trinajstić information content (AvgIpc) is 3.44. The first-order valence-corrected chi connectivity index (χ1v) is 11.5. The number of anilines is 1. The van der Waals surface area contributed by atoms with Crippen molar-refractivity contribution in [1.29, 1.82) is 0 Å². The van der Waals surface area contributed by atoms with Crippen LogP contribution < -0.4 is 15.4 Å². The molecule has 37 heavy (non-hydrogen) atoms. The lowest BCUT2D eigenvalue weighted by Crippen LogP contribution is -2.41. The number of imidazole rings is 1. The number of carbonyl (C=O) groups is 3. The van der Waals surface area contributed by atoms with E-state index in [0.717, 1.165) is 0 Å². The number of rotatable bonds is 6. The summed E-state index contributed by atoms with van der Waals surface area (Å²) >= 11 is 0. The number of aromatic amines is 1. The number of phenolic OH excluding ortho intramolecular Hbond substituents is 2. The normalized spacial score (nSPS) is 19.7. The summed E-state index contributed by atoms with van der Waals surface area (Å²) in [6.07, 6.45) is 4.10. The lowest BCUT2D eigenvalue weighted by molar-refractivity contribution is -0.123. The van der Waals surface area contributed by atoms with Gasteiger partial charge in [0, 0.05) is 30.4 Å². The molecule has 0 unspecified atom stereocenters. The van der Waals surface area contributed by atoms with Gasteiger partial charge in [0.2, 0.25) is 0 Å². The van der Waals surface area contributed by atoms with Gasteiger partial charge in [0.1, 0.15) is 45.8 Å². The number of ketones is 3. The predicted molar refractivity (Wildman–Crippen MR) is 131 cm³/mol. The van der Waals surface area contributed by atoms with E-state index in [4.69, 9.17) is 4.74 Å². The third-order valence-corrected chi connectivity index (χ3v) is 6.79. The Balaban J connectivity index is 1.44. The van der Waals surface area contributed by atoms with Gasteiger partial charge in [0.25, 0.3) is 0 Å². The number of carbonyl (C=O) groups excluding carboxylic acids is 3. The monoisotopic (exact) mass is 504 g/mol. The minimum atomic E-state index is -1.56. The molecule has 0 saturated heterocycles. The van der Waals surface area contributed by atoms with Gasteiger partial charge in [-0.05, 0) is 27.7 Å². The van der Waals surface area contributed by atoms with E-state index in [1.807, 2.05) is 0 Å². The van der Waals surface area contributed by atoms with Crippen LogP contribution >= 0.6 is 0 Å². The van der Waals surface area contributed by atoms with Crippen LogP contribution in [0.15, 0.2) is 35.8 Å². The van der Waals surface area contributed by atoms with Gasteiger partial charge in [-0.15, -0.1) is 0 Å². The first-order chi connectivity index (χ1) is 17.6. The third-order valence-electron chi connectivity index (χ3n) is 6.79. The smallest absolute Gasteiger partial charge is 0.194 e. The average molecular weight is 505 g/mol. The summed E-state index contributed by atoms with van der Waals surface area (Å²) in [7, 11) is 0. The van der Waals surface area contributed by atoms with E-state index in [1.165, 1.54) is 39.5 Å². The standard InChI is InChI=1S/C25H24N6O6/c1-10-19(34)16(12(3)32)21-17(20(10)35)25(4)14(37-21)7-13(33)15(22(25)36)11(2)26-5-6-27-23-18-24(29-8-28-18)31-9-30-23/h7-9,26,34-35H,5-6H2,1-4H3,(H2,27,28,29,30,31)/b15-11+/t25-/m1/s1. The second-order valence-corrected chi connectivity index (χ2v) is 9.06. The number of H-pyrrole nitrogens is 1. The van der Waals surface area contributed by atoms with Crippen LogP contribution in [0.2, 0.25) is 0 Å². The first kappa shape index (κ1) is 24.0. The number of hydrogen-bond acceptors (Lipinski definition) is 11. The van der Waals surface area contributed by atoms with Crippen LogP contribution in [0.4, 0.5) is 5.82 Å². The summed E-state index contributed by atoms with van der Waals surface area (Å²) in [6, 6.07) is 0. The van der Waals surface area contributed by atoms with Gasteiger partial charge in [0.15, 0.2) is 28.8 Å². The fraction of sp³-hybridized carbons (Fsp3) is 0.280. The number of nitrogens with one attached hydrogen (secondary N) is 3. The highest BCUT2D eigenvalue weighted by Crippen LogP contribution is 2.57. The van der Waals surface area contributed by atoms with E-state index in [2.05, 4.69) is 30.6 Å². The number of aromatic hydroxyl groups is 2. The molecule has 2 aliphatic rings. The van der Waals surface area contributed by atoms with Crippen molar-refractivity contribution in [1.82, 2.24) is 25.3 Å².